The summed E-state index contributed by atoms with van der Waals surface area (Å²) in [4.78, 5) is 29.2. The number of carbonyl (C=O) groups is 2. The molecule has 160 valence electrons. The van der Waals surface area contributed by atoms with E-state index >= 15 is 0 Å². The van der Waals surface area contributed by atoms with E-state index < -0.39 is 0 Å². The second-order valence-electron chi connectivity index (χ2n) is 8.08. The Morgan fingerprint density at radius 2 is 1.90 bits per heavy atom. The first-order valence-electron chi connectivity index (χ1n) is 11.0. The highest BCUT2D eigenvalue weighted by atomic mass is 35.5. The fourth-order valence-electron chi connectivity index (χ4n) is 4.63. The average molecular weight is 421 g/mol. The van der Waals surface area contributed by atoms with Crippen molar-refractivity contribution in [3.8, 4) is 5.75 Å². The molecule has 5 nitrogen and oxygen atoms in total. The van der Waals surface area contributed by atoms with E-state index in [9.17, 15) is 9.59 Å². The molecule has 1 saturated carbocycles. The Kier molecular flexibility index (Phi) is 7.82. The van der Waals surface area contributed by atoms with E-state index in [1.165, 1.54) is 19.3 Å². The summed E-state index contributed by atoms with van der Waals surface area (Å²) in [6.45, 7) is 6.06. The molecule has 29 heavy (non-hydrogen) atoms. The van der Waals surface area contributed by atoms with Gasteiger partial charge in [-0.3, -0.25) is 9.59 Å². The van der Waals surface area contributed by atoms with Crippen molar-refractivity contribution in [1.29, 1.82) is 0 Å². The number of amides is 2. The van der Waals surface area contributed by atoms with Crippen molar-refractivity contribution in [2.45, 2.75) is 64.8 Å². The smallest absolute Gasteiger partial charge is 0.260 e. The van der Waals surface area contributed by atoms with E-state index in [1.54, 1.807) is 4.90 Å². The number of hydrogen-bond acceptors (Lipinski definition) is 3. The van der Waals surface area contributed by atoms with Crippen molar-refractivity contribution in [3.63, 3.8) is 0 Å². The summed E-state index contributed by atoms with van der Waals surface area (Å²) < 4.78 is 5.85. The van der Waals surface area contributed by atoms with E-state index in [1.807, 2.05) is 32.0 Å². The van der Waals surface area contributed by atoms with E-state index in [4.69, 9.17) is 16.3 Å². The van der Waals surface area contributed by atoms with E-state index in [0.29, 0.717) is 36.3 Å². The average Bonchev–Trinajstić information content (AvgIpc) is 3.10. The lowest BCUT2D eigenvalue weighted by Crippen LogP contribution is -2.39. The number of benzene rings is 1. The number of carbonyl (C=O) groups excluding carboxylic acids is 2. The van der Waals surface area contributed by atoms with Crippen LogP contribution in [0.25, 0.3) is 0 Å². The van der Waals surface area contributed by atoms with Gasteiger partial charge >= 0.3 is 0 Å². The zero-order chi connectivity index (χ0) is 20.8. The number of nitrogens with zero attached hydrogens (tertiary/aromatic N) is 2. The molecule has 1 heterocycles. The Labute approximate surface area is 179 Å². The van der Waals surface area contributed by atoms with Crippen molar-refractivity contribution < 1.29 is 14.3 Å². The standard InChI is InChI=1S/C23H33ClN2O3/c1-3-25(4-2)22(27)16-29-21-12-8-11-20(24)19(21)15-17-13-14-26(23(17)28)18-9-6-5-7-10-18/h8,11-12,17-18H,3-7,9-10,13-16H2,1-2H3. The molecule has 2 fully saturated rings. The highest BCUT2D eigenvalue weighted by Gasteiger charge is 2.36. The van der Waals surface area contributed by atoms with Gasteiger partial charge in [0.2, 0.25) is 5.91 Å². The third kappa shape index (κ3) is 5.25. The number of halogens is 1. The Morgan fingerprint density at radius 1 is 1.17 bits per heavy atom. The van der Waals surface area contributed by atoms with Crippen LogP contribution in [0.3, 0.4) is 0 Å². The molecule has 0 radical (unpaired) electrons. The quantitative estimate of drug-likeness (QED) is 0.629. The molecule has 0 bridgehead atoms. The molecule has 1 atom stereocenters. The Balaban J connectivity index is 1.66. The normalized spacial score (nSPS) is 20.2. The lowest BCUT2D eigenvalue weighted by Gasteiger charge is -2.31. The molecule has 3 rings (SSSR count). The summed E-state index contributed by atoms with van der Waals surface area (Å²) in [5.74, 6) is 0.767. The molecule has 1 aliphatic carbocycles. The van der Waals surface area contributed by atoms with Crippen molar-refractivity contribution in [3.05, 3.63) is 28.8 Å². The van der Waals surface area contributed by atoms with Gasteiger partial charge in [-0.15, -0.1) is 0 Å². The van der Waals surface area contributed by atoms with Crippen molar-refractivity contribution in [2.24, 2.45) is 5.92 Å². The van der Waals surface area contributed by atoms with Crippen LogP contribution in [0.1, 0.15) is 57.9 Å². The predicted molar refractivity (Wildman–Crippen MR) is 115 cm³/mol. The van der Waals surface area contributed by atoms with Crippen LogP contribution in [0.15, 0.2) is 18.2 Å². The Hall–Kier alpha value is -1.75. The second-order valence-corrected chi connectivity index (χ2v) is 8.49. The van der Waals surface area contributed by atoms with Gasteiger partial charge < -0.3 is 14.5 Å². The number of ether oxygens (including phenoxy) is 1. The zero-order valence-electron chi connectivity index (χ0n) is 17.7. The minimum Gasteiger partial charge on any atom is -0.483 e. The van der Waals surface area contributed by atoms with E-state index in [2.05, 4.69) is 4.90 Å². The largest absolute Gasteiger partial charge is 0.483 e. The Morgan fingerprint density at radius 3 is 2.59 bits per heavy atom. The maximum Gasteiger partial charge on any atom is 0.260 e. The van der Waals surface area contributed by atoms with E-state index in [-0.39, 0.29) is 24.3 Å². The minimum atomic E-state index is -0.0577. The maximum absolute atomic E-state index is 13.0. The molecule has 1 aromatic carbocycles. The van der Waals surface area contributed by atoms with Crippen LogP contribution in [-0.4, -0.2) is 53.9 Å². The van der Waals surface area contributed by atoms with Crippen LogP contribution in [0.4, 0.5) is 0 Å². The number of likely N-dealkylation sites (N-methyl/N-ethyl adjacent to an activating group) is 1. The molecule has 1 saturated heterocycles. The van der Waals surface area contributed by atoms with Gasteiger partial charge in [-0.1, -0.05) is 36.9 Å². The van der Waals surface area contributed by atoms with Gasteiger partial charge in [-0.2, -0.15) is 0 Å². The van der Waals surface area contributed by atoms with Crippen LogP contribution in [0, 0.1) is 5.92 Å². The fraction of sp³-hybridized carbons (Fsp3) is 0.652. The molecule has 6 heteroatoms. The van der Waals surface area contributed by atoms with Gasteiger partial charge in [0.15, 0.2) is 6.61 Å². The lowest BCUT2D eigenvalue weighted by molar-refractivity contribution is -0.134. The van der Waals surface area contributed by atoms with Gasteiger partial charge in [-0.25, -0.2) is 0 Å². The van der Waals surface area contributed by atoms with Crippen LogP contribution in [0.2, 0.25) is 5.02 Å². The van der Waals surface area contributed by atoms with Crippen LogP contribution in [-0.2, 0) is 16.0 Å². The monoisotopic (exact) mass is 420 g/mol. The summed E-state index contributed by atoms with van der Waals surface area (Å²) in [6.07, 6.45) is 7.42. The summed E-state index contributed by atoms with van der Waals surface area (Å²) in [7, 11) is 0. The number of hydrogen-bond donors (Lipinski definition) is 0. The van der Waals surface area contributed by atoms with Crippen molar-refractivity contribution in [2.75, 3.05) is 26.2 Å². The van der Waals surface area contributed by atoms with Gasteiger partial charge in [0.1, 0.15) is 5.75 Å². The van der Waals surface area contributed by atoms with Gasteiger partial charge in [0.05, 0.1) is 0 Å². The molecule has 0 spiro atoms. The third-order valence-electron chi connectivity index (χ3n) is 6.36. The highest BCUT2D eigenvalue weighted by Crippen LogP contribution is 2.34. The molecular formula is C23H33ClN2O3. The molecule has 0 aromatic heterocycles. The number of rotatable bonds is 8. The van der Waals surface area contributed by atoms with Gasteiger partial charge in [0.25, 0.3) is 5.91 Å². The minimum absolute atomic E-state index is 0.0121. The maximum atomic E-state index is 13.0. The summed E-state index contributed by atoms with van der Waals surface area (Å²) >= 11 is 6.47. The summed E-state index contributed by atoms with van der Waals surface area (Å²) in [6, 6.07) is 5.91. The lowest BCUT2D eigenvalue weighted by atomic mass is 9.94. The topological polar surface area (TPSA) is 49.9 Å². The van der Waals surface area contributed by atoms with Gasteiger partial charge in [-0.05, 0) is 51.7 Å². The SMILES string of the molecule is CCN(CC)C(=O)COc1cccc(Cl)c1CC1CCN(C2CCCCC2)C1=O. The predicted octanol–water partition coefficient (Wildman–Crippen LogP) is 4.31. The molecule has 2 amide bonds. The molecule has 0 N–H and O–H groups in total. The molecule has 1 unspecified atom stereocenters. The number of likely N-dealkylation sites (tertiary alicyclic amines) is 1. The second kappa shape index (κ2) is 10.3. The van der Waals surface area contributed by atoms with Crippen LogP contribution in [0.5, 0.6) is 5.75 Å². The first-order chi connectivity index (χ1) is 14.0. The zero-order valence-corrected chi connectivity index (χ0v) is 18.4. The molecule has 1 aliphatic heterocycles. The first-order valence-corrected chi connectivity index (χ1v) is 11.4. The Bertz CT molecular complexity index is 714. The van der Waals surface area contributed by atoms with Crippen molar-refractivity contribution >= 4 is 23.4 Å². The van der Waals surface area contributed by atoms with Crippen molar-refractivity contribution in [1.82, 2.24) is 9.80 Å². The first kappa shape index (κ1) is 21.9. The van der Waals surface area contributed by atoms with Crippen LogP contribution >= 0.6 is 11.6 Å². The molecular weight excluding hydrogens is 388 g/mol. The highest BCUT2D eigenvalue weighted by molar-refractivity contribution is 6.31. The molecule has 1 aromatic rings. The third-order valence-corrected chi connectivity index (χ3v) is 6.71. The van der Waals surface area contributed by atoms with Gasteiger partial charge in [0, 0.05) is 42.2 Å². The summed E-state index contributed by atoms with van der Waals surface area (Å²) in [5, 5.41) is 0.599. The molecule has 2 aliphatic rings. The van der Waals surface area contributed by atoms with Crippen LogP contribution < -0.4 is 4.74 Å². The van der Waals surface area contributed by atoms with E-state index in [0.717, 1.165) is 31.4 Å². The summed E-state index contributed by atoms with van der Waals surface area (Å²) in [5.41, 5.74) is 0.838. The fourth-order valence-corrected chi connectivity index (χ4v) is 4.88.